The van der Waals surface area contributed by atoms with E-state index in [0.29, 0.717) is 5.82 Å². The molecule has 98 valence electrons. The Bertz CT molecular complexity index is 937. The third kappa shape index (κ3) is 1.41. The fourth-order valence-corrected chi connectivity index (χ4v) is 2.43. The summed E-state index contributed by atoms with van der Waals surface area (Å²) < 4.78 is 7.06. The van der Waals surface area contributed by atoms with E-state index in [1.165, 1.54) is 6.33 Å². The number of aromatic nitrogens is 4. The summed E-state index contributed by atoms with van der Waals surface area (Å²) >= 11 is 0. The van der Waals surface area contributed by atoms with Gasteiger partial charge in [0.1, 0.15) is 23.4 Å². The average Bonchev–Trinajstić information content (AvgIpc) is 3.04. The van der Waals surface area contributed by atoms with Gasteiger partial charge in [-0.3, -0.25) is 0 Å². The van der Waals surface area contributed by atoms with Gasteiger partial charge in [-0.25, -0.2) is 14.6 Å². The van der Waals surface area contributed by atoms with E-state index in [4.69, 9.17) is 10.2 Å². The SMILES string of the molecule is Cn1nc(-c2ccc3occc3c2)c2c(N)ncnc21. The zero-order chi connectivity index (χ0) is 13.7. The van der Waals surface area contributed by atoms with Crippen LogP contribution in [0.4, 0.5) is 5.82 Å². The highest BCUT2D eigenvalue weighted by molar-refractivity contribution is 5.99. The number of nitrogens with two attached hydrogens (primary N) is 1. The molecule has 0 saturated heterocycles. The predicted molar refractivity (Wildman–Crippen MR) is 75.9 cm³/mol. The lowest BCUT2D eigenvalue weighted by atomic mass is 10.1. The first-order valence-electron chi connectivity index (χ1n) is 6.15. The molecule has 0 spiro atoms. The van der Waals surface area contributed by atoms with Gasteiger partial charge in [0.2, 0.25) is 0 Å². The van der Waals surface area contributed by atoms with Crippen molar-refractivity contribution in [3.05, 3.63) is 36.9 Å². The number of nitrogens with zero attached hydrogens (tertiary/aromatic N) is 4. The Balaban J connectivity index is 2.06. The van der Waals surface area contributed by atoms with E-state index in [-0.39, 0.29) is 0 Å². The van der Waals surface area contributed by atoms with Crippen LogP contribution in [0.3, 0.4) is 0 Å². The van der Waals surface area contributed by atoms with Crippen molar-refractivity contribution < 1.29 is 4.42 Å². The molecule has 0 radical (unpaired) electrons. The number of rotatable bonds is 1. The maximum Gasteiger partial charge on any atom is 0.163 e. The van der Waals surface area contributed by atoms with Crippen LogP contribution in [0.5, 0.6) is 0 Å². The van der Waals surface area contributed by atoms with Crippen molar-refractivity contribution in [3.8, 4) is 11.3 Å². The molecular weight excluding hydrogens is 254 g/mol. The summed E-state index contributed by atoms with van der Waals surface area (Å²) in [5.74, 6) is 0.436. The van der Waals surface area contributed by atoms with E-state index >= 15 is 0 Å². The molecule has 0 aliphatic carbocycles. The minimum atomic E-state index is 0.436. The fraction of sp³-hybridized carbons (Fsp3) is 0.0714. The Morgan fingerprint density at radius 3 is 3.00 bits per heavy atom. The molecule has 3 aromatic heterocycles. The third-order valence-electron chi connectivity index (χ3n) is 3.38. The molecule has 20 heavy (non-hydrogen) atoms. The van der Waals surface area contributed by atoms with Gasteiger partial charge >= 0.3 is 0 Å². The number of fused-ring (bicyclic) bond motifs is 2. The van der Waals surface area contributed by atoms with Crippen LogP contribution < -0.4 is 5.73 Å². The van der Waals surface area contributed by atoms with Gasteiger partial charge in [0.15, 0.2) is 5.65 Å². The minimum absolute atomic E-state index is 0.436. The largest absolute Gasteiger partial charge is 0.464 e. The number of furan rings is 1. The zero-order valence-corrected chi connectivity index (χ0v) is 10.7. The highest BCUT2D eigenvalue weighted by Gasteiger charge is 2.15. The van der Waals surface area contributed by atoms with Crippen LogP contribution in [0.1, 0.15) is 0 Å². The third-order valence-corrected chi connectivity index (χ3v) is 3.38. The number of nitrogen functional groups attached to an aromatic ring is 1. The molecule has 0 fully saturated rings. The second kappa shape index (κ2) is 3.80. The van der Waals surface area contributed by atoms with Gasteiger partial charge < -0.3 is 10.2 Å². The lowest BCUT2D eigenvalue weighted by Crippen LogP contribution is -1.95. The van der Waals surface area contributed by atoms with Gasteiger partial charge in [0, 0.05) is 18.0 Å². The quantitative estimate of drug-likeness (QED) is 0.571. The van der Waals surface area contributed by atoms with Crippen molar-refractivity contribution in [3.63, 3.8) is 0 Å². The first-order valence-corrected chi connectivity index (χ1v) is 6.15. The Labute approximate surface area is 113 Å². The zero-order valence-electron chi connectivity index (χ0n) is 10.7. The normalized spacial score (nSPS) is 11.4. The molecule has 1 aromatic carbocycles. The second-order valence-corrected chi connectivity index (χ2v) is 4.60. The number of benzene rings is 1. The van der Waals surface area contributed by atoms with E-state index in [2.05, 4.69) is 15.1 Å². The lowest BCUT2D eigenvalue weighted by molar-refractivity contribution is 0.616. The van der Waals surface area contributed by atoms with Crippen molar-refractivity contribution >= 4 is 27.8 Å². The summed E-state index contributed by atoms with van der Waals surface area (Å²) in [7, 11) is 1.84. The van der Waals surface area contributed by atoms with Crippen LogP contribution in [0.2, 0.25) is 0 Å². The number of hydrogen-bond donors (Lipinski definition) is 1. The maximum atomic E-state index is 5.98. The molecule has 0 saturated carbocycles. The van der Waals surface area contributed by atoms with E-state index in [1.54, 1.807) is 10.9 Å². The molecule has 4 rings (SSSR count). The van der Waals surface area contributed by atoms with Crippen LogP contribution in [-0.4, -0.2) is 19.7 Å². The molecule has 0 unspecified atom stereocenters. The summed E-state index contributed by atoms with van der Waals surface area (Å²) in [6.07, 6.45) is 3.12. The molecule has 6 heteroatoms. The highest BCUT2D eigenvalue weighted by Crippen LogP contribution is 2.31. The molecule has 0 atom stereocenters. The molecule has 0 amide bonds. The average molecular weight is 265 g/mol. The second-order valence-electron chi connectivity index (χ2n) is 4.60. The van der Waals surface area contributed by atoms with Crippen molar-refractivity contribution in [2.75, 3.05) is 5.73 Å². The predicted octanol–water partition coefficient (Wildman–Crippen LogP) is 2.36. The van der Waals surface area contributed by atoms with Crippen LogP contribution in [0, 0.1) is 0 Å². The smallest absolute Gasteiger partial charge is 0.163 e. The molecular formula is C14H11N5O. The molecule has 3 heterocycles. The van der Waals surface area contributed by atoms with Gasteiger partial charge in [-0.05, 0) is 24.3 Å². The Morgan fingerprint density at radius 1 is 1.20 bits per heavy atom. The van der Waals surface area contributed by atoms with E-state index in [1.807, 2.05) is 31.3 Å². The standard InChI is InChI=1S/C14H11N5O/c1-19-14-11(13(15)16-7-17-14)12(18-19)9-2-3-10-8(6-9)4-5-20-10/h2-7H,1H3,(H2,15,16,17). The Hall–Kier alpha value is -2.89. The van der Waals surface area contributed by atoms with Crippen molar-refractivity contribution in [2.45, 2.75) is 0 Å². The van der Waals surface area contributed by atoms with Crippen LogP contribution in [0.25, 0.3) is 33.3 Å². The number of hydrogen-bond acceptors (Lipinski definition) is 5. The Morgan fingerprint density at radius 2 is 2.10 bits per heavy atom. The summed E-state index contributed by atoms with van der Waals surface area (Å²) in [6, 6.07) is 7.82. The van der Waals surface area contributed by atoms with Crippen LogP contribution >= 0.6 is 0 Å². The topological polar surface area (TPSA) is 82.8 Å². The molecule has 0 bridgehead atoms. The minimum Gasteiger partial charge on any atom is -0.464 e. The van der Waals surface area contributed by atoms with Crippen molar-refractivity contribution in [1.29, 1.82) is 0 Å². The lowest BCUT2D eigenvalue weighted by Gasteiger charge is -1.99. The van der Waals surface area contributed by atoms with Crippen LogP contribution in [-0.2, 0) is 7.05 Å². The van der Waals surface area contributed by atoms with Gasteiger partial charge in [-0.1, -0.05) is 0 Å². The van der Waals surface area contributed by atoms with Crippen molar-refractivity contribution in [1.82, 2.24) is 19.7 Å². The maximum absolute atomic E-state index is 5.98. The van der Waals surface area contributed by atoms with Gasteiger partial charge in [0.25, 0.3) is 0 Å². The summed E-state index contributed by atoms with van der Waals surface area (Å²) in [5, 5.41) is 6.32. The first kappa shape index (κ1) is 11.0. The molecule has 2 N–H and O–H groups in total. The van der Waals surface area contributed by atoms with Gasteiger partial charge in [0.05, 0.1) is 11.6 Å². The molecule has 0 aliphatic heterocycles. The van der Waals surface area contributed by atoms with Gasteiger partial charge in [-0.2, -0.15) is 5.10 Å². The summed E-state index contributed by atoms with van der Waals surface area (Å²) in [5.41, 5.74) is 9.29. The summed E-state index contributed by atoms with van der Waals surface area (Å²) in [4.78, 5) is 8.28. The van der Waals surface area contributed by atoms with Gasteiger partial charge in [-0.15, -0.1) is 0 Å². The monoisotopic (exact) mass is 265 g/mol. The van der Waals surface area contributed by atoms with Crippen LogP contribution in [0.15, 0.2) is 41.3 Å². The fourth-order valence-electron chi connectivity index (χ4n) is 2.43. The van der Waals surface area contributed by atoms with E-state index in [9.17, 15) is 0 Å². The number of anilines is 1. The highest BCUT2D eigenvalue weighted by atomic mass is 16.3. The first-order chi connectivity index (χ1) is 9.74. The molecule has 6 nitrogen and oxygen atoms in total. The van der Waals surface area contributed by atoms with Crippen molar-refractivity contribution in [2.24, 2.45) is 7.05 Å². The van der Waals surface area contributed by atoms with E-state index < -0.39 is 0 Å². The number of aryl methyl sites for hydroxylation is 1. The molecule has 0 aliphatic rings. The Kier molecular flexibility index (Phi) is 2.09. The molecule has 4 aromatic rings. The summed E-state index contributed by atoms with van der Waals surface area (Å²) in [6.45, 7) is 0. The van der Waals surface area contributed by atoms with E-state index in [0.717, 1.165) is 33.3 Å².